The molecule has 1 aromatic rings. The second-order valence-electron chi connectivity index (χ2n) is 3.42. The number of rotatable bonds is 6. The number of para-hydroxylation sites is 1. The summed E-state index contributed by atoms with van der Waals surface area (Å²) in [6.07, 6.45) is 1.20. The Balaban J connectivity index is 2.59. The molecular formula is C12H19NOS. The van der Waals surface area contributed by atoms with Crippen LogP contribution in [0.1, 0.15) is 24.9 Å². The standard InChI is InChI=1S/C12H19NOS/c1-3-8-15-9-11(13)10-6-4-5-7-12(10)14-2/h4-7,11H,3,8-9,13H2,1-2H3. The summed E-state index contributed by atoms with van der Waals surface area (Å²) >= 11 is 1.89. The largest absolute Gasteiger partial charge is 0.496 e. The van der Waals surface area contributed by atoms with E-state index in [2.05, 4.69) is 6.92 Å². The highest BCUT2D eigenvalue weighted by Crippen LogP contribution is 2.25. The average molecular weight is 225 g/mol. The van der Waals surface area contributed by atoms with Crippen molar-refractivity contribution in [2.24, 2.45) is 5.73 Å². The van der Waals surface area contributed by atoms with Crippen molar-refractivity contribution >= 4 is 11.8 Å². The molecule has 15 heavy (non-hydrogen) atoms. The summed E-state index contributed by atoms with van der Waals surface area (Å²) in [7, 11) is 1.69. The number of benzene rings is 1. The zero-order chi connectivity index (χ0) is 11.1. The predicted molar refractivity (Wildman–Crippen MR) is 67.5 cm³/mol. The Bertz CT molecular complexity index is 291. The van der Waals surface area contributed by atoms with Crippen molar-refractivity contribution in [2.45, 2.75) is 19.4 Å². The quantitative estimate of drug-likeness (QED) is 0.756. The number of hydrogen-bond donors (Lipinski definition) is 1. The van der Waals surface area contributed by atoms with Gasteiger partial charge in [0.15, 0.2) is 0 Å². The maximum atomic E-state index is 6.11. The lowest BCUT2D eigenvalue weighted by Crippen LogP contribution is -2.14. The molecule has 1 atom stereocenters. The van der Waals surface area contributed by atoms with Gasteiger partial charge in [-0.15, -0.1) is 0 Å². The fourth-order valence-corrected chi connectivity index (χ4v) is 2.31. The van der Waals surface area contributed by atoms with Crippen LogP contribution >= 0.6 is 11.8 Å². The third kappa shape index (κ3) is 3.76. The van der Waals surface area contributed by atoms with Crippen molar-refractivity contribution in [1.29, 1.82) is 0 Å². The first-order valence-corrected chi connectivity index (χ1v) is 6.41. The Hall–Kier alpha value is -0.670. The Morgan fingerprint density at radius 3 is 2.80 bits per heavy atom. The number of nitrogens with two attached hydrogens (primary N) is 1. The van der Waals surface area contributed by atoms with E-state index in [0.29, 0.717) is 0 Å². The van der Waals surface area contributed by atoms with Crippen molar-refractivity contribution in [3.63, 3.8) is 0 Å². The van der Waals surface area contributed by atoms with Gasteiger partial charge in [0.25, 0.3) is 0 Å². The van der Waals surface area contributed by atoms with E-state index in [4.69, 9.17) is 10.5 Å². The zero-order valence-electron chi connectivity index (χ0n) is 9.40. The number of ether oxygens (including phenoxy) is 1. The Morgan fingerprint density at radius 1 is 1.40 bits per heavy atom. The molecule has 0 amide bonds. The van der Waals surface area contributed by atoms with Gasteiger partial charge >= 0.3 is 0 Å². The van der Waals surface area contributed by atoms with Crippen LogP contribution in [0.15, 0.2) is 24.3 Å². The molecule has 0 saturated carbocycles. The van der Waals surface area contributed by atoms with Gasteiger partial charge in [-0.2, -0.15) is 11.8 Å². The number of methoxy groups -OCH3 is 1. The molecule has 84 valence electrons. The van der Waals surface area contributed by atoms with Crippen LogP contribution in [0, 0.1) is 0 Å². The number of hydrogen-bond acceptors (Lipinski definition) is 3. The molecule has 3 heteroatoms. The second kappa shape index (κ2) is 6.75. The van der Waals surface area contributed by atoms with Gasteiger partial charge in [0.2, 0.25) is 0 Å². The summed E-state index contributed by atoms with van der Waals surface area (Å²) in [5.41, 5.74) is 7.21. The zero-order valence-corrected chi connectivity index (χ0v) is 10.2. The van der Waals surface area contributed by atoms with E-state index in [-0.39, 0.29) is 6.04 Å². The number of thioether (sulfide) groups is 1. The highest BCUT2D eigenvalue weighted by atomic mass is 32.2. The van der Waals surface area contributed by atoms with Gasteiger partial charge in [0.05, 0.1) is 7.11 Å². The maximum absolute atomic E-state index is 6.11. The molecule has 2 nitrogen and oxygen atoms in total. The molecule has 0 aliphatic carbocycles. The minimum Gasteiger partial charge on any atom is -0.496 e. The summed E-state index contributed by atoms with van der Waals surface area (Å²) < 4.78 is 5.28. The van der Waals surface area contributed by atoms with E-state index in [1.807, 2.05) is 36.0 Å². The molecule has 0 fully saturated rings. The summed E-state index contributed by atoms with van der Waals surface area (Å²) in [5.74, 6) is 3.01. The van der Waals surface area contributed by atoms with Crippen LogP contribution in [0.4, 0.5) is 0 Å². The molecule has 2 N–H and O–H groups in total. The minimum atomic E-state index is 0.0673. The SMILES string of the molecule is CCCSCC(N)c1ccccc1OC. The van der Waals surface area contributed by atoms with Gasteiger partial charge < -0.3 is 10.5 Å². The molecule has 1 unspecified atom stereocenters. The van der Waals surface area contributed by atoms with E-state index in [1.165, 1.54) is 12.2 Å². The molecule has 0 spiro atoms. The van der Waals surface area contributed by atoms with E-state index >= 15 is 0 Å². The monoisotopic (exact) mass is 225 g/mol. The van der Waals surface area contributed by atoms with Crippen LogP contribution in [0.5, 0.6) is 5.75 Å². The molecule has 0 bridgehead atoms. The molecule has 0 aliphatic rings. The fraction of sp³-hybridized carbons (Fsp3) is 0.500. The van der Waals surface area contributed by atoms with Gasteiger partial charge in [0, 0.05) is 17.4 Å². The predicted octanol–water partition coefficient (Wildman–Crippen LogP) is 2.84. The third-order valence-corrected chi connectivity index (χ3v) is 3.48. The molecule has 1 rings (SSSR count). The summed E-state index contributed by atoms with van der Waals surface area (Å²) in [4.78, 5) is 0. The fourth-order valence-electron chi connectivity index (χ4n) is 1.42. The van der Waals surface area contributed by atoms with E-state index in [1.54, 1.807) is 7.11 Å². The lowest BCUT2D eigenvalue weighted by Gasteiger charge is -2.14. The van der Waals surface area contributed by atoms with E-state index < -0.39 is 0 Å². The third-order valence-electron chi connectivity index (χ3n) is 2.18. The van der Waals surface area contributed by atoms with Gasteiger partial charge in [-0.1, -0.05) is 25.1 Å². The average Bonchev–Trinajstić information content (AvgIpc) is 2.29. The molecule has 1 aromatic carbocycles. The molecule has 0 saturated heterocycles. The molecule has 0 aromatic heterocycles. The normalized spacial score (nSPS) is 12.5. The van der Waals surface area contributed by atoms with E-state index in [0.717, 1.165) is 17.1 Å². The van der Waals surface area contributed by atoms with Crippen LogP contribution in [0.2, 0.25) is 0 Å². The summed E-state index contributed by atoms with van der Waals surface area (Å²) in [6, 6.07) is 8.03. The highest BCUT2D eigenvalue weighted by molar-refractivity contribution is 7.99. The van der Waals surface area contributed by atoms with Gasteiger partial charge in [0.1, 0.15) is 5.75 Å². The van der Waals surface area contributed by atoms with Gasteiger partial charge in [-0.3, -0.25) is 0 Å². The van der Waals surface area contributed by atoms with Crippen LogP contribution in [0.25, 0.3) is 0 Å². The maximum Gasteiger partial charge on any atom is 0.123 e. The van der Waals surface area contributed by atoms with Crippen LogP contribution < -0.4 is 10.5 Å². The second-order valence-corrected chi connectivity index (χ2v) is 4.57. The first-order chi connectivity index (χ1) is 7.29. The van der Waals surface area contributed by atoms with Crippen molar-refractivity contribution < 1.29 is 4.74 Å². The summed E-state index contributed by atoms with van der Waals surface area (Å²) in [5, 5.41) is 0. The van der Waals surface area contributed by atoms with Crippen molar-refractivity contribution in [2.75, 3.05) is 18.6 Å². The summed E-state index contributed by atoms with van der Waals surface area (Å²) in [6.45, 7) is 2.18. The topological polar surface area (TPSA) is 35.2 Å². The Morgan fingerprint density at radius 2 is 2.13 bits per heavy atom. The molecule has 0 radical (unpaired) electrons. The van der Waals surface area contributed by atoms with Crippen molar-refractivity contribution in [1.82, 2.24) is 0 Å². The van der Waals surface area contributed by atoms with Gasteiger partial charge in [-0.25, -0.2) is 0 Å². The smallest absolute Gasteiger partial charge is 0.123 e. The molecular weight excluding hydrogens is 206 g/mol. The lowest BCUT2D eigenvalue weighted by atomic mass is 10.1. The van der Waals surface area contributed by atoms with Crippen LogP contribution in [-0.2, 0) is 0 Å². The molecule has 0 heterocycles. The Labute approximate surface area is 96.2 Å². The molecule has 0 aliphatic heterocycles. The van der Waals surface area contributed by atoms with Crippen LogP contribution in [0.3, 0.4) is 0 Å². The van der Waals surface area contributed by atoms with Crippen molar-refractivity contribution in [3.05, 3.63) is 29.8 Å². The van der Waals surface area contributed by atoms with Crippen LogP contribution in [-0.4, -0.2) is 18.6 Å². The lowest BCUT2D eigenvalue weighted by molar-refractivity contribution is 0.407. The Kier molecular flexibility index (Phi) is 5.58. The minimum absolute atomic E-state index is 0.0673. The first kappa shape index (κ1) is 12.4. The van der Waals surface area contributed by atoms with E-state index in [9.17, 15) is 0 Å². The first-order valence-electron chi connectivity index (χ1n) is 5.25. The highest BCUT2D eigenvalue weighted by Gasteiger charge is 2.10. The van der Waals surface area contributed by atoms with Crippen molar-refractivity contribution in [3.8, 4) is 5.75 Å². The van der Waals surface area contributed by atoms with Gasteiger partial charge in [-0.05, 0) is 18.2 Å².